The first-order valence-corrected chi connectivity index (χ1v) is 8.86. The number of rotatable bonds is 6. The summed E-state index contributed by atoms with van der Waals surface area (Å²) in [4.78, 5) is 18.5. The Morgan fingerprint density at radius 2 is 1.70 bits per heavy atom. The fraction of sp³-hybridized carbons (Fsp3) is 0.238. The van der Waals surface area contributed by atoms with Gasteiger partial charge in [-0.3, -0.25) is 9.78 Å². The molecule has 0 saturated carbocycles. The van der Waals surface area contributed by atoms with Crippen LogP contribution < -0.4 is 10.2 Å². The van der Waals surface area contributed by atoms with Gasteiger partial charge in [0.2, 0.25) is 0 Å². The summed E-state index contributed by atoms with van der Waals surface area (Å²) >= 11 is 0. The van der Waals surface area contributed by atoms with Crippen LogP contribution in [0.2, 0.25) is 0 Å². The van der Waals surface area contributed by atoms with Crippen molar-refractivity contribution in [2.75, 3.05) is 23.8 Å². The number of pyridine rings is 1. The molecule has 1 N–H and O–H groups in total. The van der Waals surface area contributed by atoms with Crippen molar-refractivity contribution in [1.82, 2.24) is 15.2 Å². The molecule has 2 aromatic heterocycles. The number of hydrogen-bond acceptors (Lipinski definition) is 5. The molecule has 0 aliphatic rings. The van der Waals surface area contributed by atoms with Gasteiger partial charge in [0.1, 0.15) is 0 Å². The number of aromatic nitrogens is 3. The Morgan fingerprint density at radius 1 is 1.00 bits per heavy atom. The molecule has 0 unspecified atom stereocenters. The largest absolute Gasteiger partial charge is 0.358 e. The van der Waals surface area contributed by atoms with E-state index >= 15 is 0 Å². The zero-order chi connectivity index (χ0) is 19.2. The average molecular weight is 361 g/mol. The van der Waals surface area contributed by atoms with E-state index in [1.54, 1.807) is 18.5 Å². The number of amides is 1. The lowest BCUT2D eigenvalue weighted by atomic mass is 10.1. The number of nitrogens with zero attached hydrogens (tertiary/aromatic N) is 4. The molecule has 138 valence electrons. The zero-order valence-electron chi connectivity index (χ0n) is 15.8. The van der Waals surface area contributed by atoms with Crippen LogP contribution in [0.5, 0.6) is 0 Å². The highest BCUT2D eigenvalue weighted by molar-refractivity contribution is 6.03. The van der Waals surface area contributed by atoms with Gasteiger partial charge in [0, 0.05) is 31.7 Å². The lowest BCUT2D eigenvalue weighted by Crippen LogP contribution is -2.23. The van der Waals surface area contributed by atoms with Crippen molar-refractivity contribution >= 4 is 17.4 Å². The summed E-state index contributed by atoms with van der Waals surface area (Å²) in [7, 11) is 1.96. The smallest absolute Gasteiger partial charge is 0.276 e. The molecule has 0 spiro atoms. The highest BCUT2D eigenvalue weighted by atomic mass is 16.1. The lowest BCUT2D eigenvalue weighted by Gasteiger charge is -2.17. The monoisotopic (exact) mass is 361 g/mol. The van der Waals surface area contributed by atoms with Crippen LogP contribution in [0.25, 0.3) is 0 Å². The van der Waals surface area contributed by atoms with E-state index in [0.717, 1.165) is 35.6 Å². The summed E-state index contributed by atoms with van der Waals surface area (Å²) in [6, 6.07) is 13.4. The molecule has 6 heteroatoms. The molecule has 3 aromatic rings. The van der Waals surface area contributed by atoms with Crippen molar-refractivity contribution in [3.05, 3.63) is 77.2 Å². The average Bonchev–Trinajstić information content (AvgIpc) is 2.70. The molecule has 2 heterocycles. The van der Waals surface area contributed by atoms with Crippen LogP contribution in [0, 0.1) is 13.8 Å². The maximum Gasteiger partial charge on any atom is 0.276 e. The van der Waals surface area contributed by atoms with Gasteiger partial charge in [-0.15, -0.1) is 10.2 Å². The van der Waals surface area contributed by atoms with Crippen LogP contribution in [0.1, 0.15) is 27.2 Å². The number of anilines is 2. The molecule has 6 nitrogen and oxygen atoms in total. The summed E-state index contributed by atoms with van der Waals surface area (Å²) < 4.78 is 0. The molecule has 0 saturated heterocycles. The van der Waals surface area contributed by atoms with Gasteiger partial charge in [0.05, 0.1) is 0 Å². The van der Waals surface area contributed by atoms with Crippen molar-refractivity contribution in [3.8, 4) is 0 Å². The summed E-state index contributed by atoms with van der Waals surface area (Å²) in [6.07, 6.45) is 4.47. The molecule has 0 bridgehead atoms. The van der Waals surface area contributed by atoms with Crippen LogP contribution in [0.4, 0.5) is 11.5 Å². The first-order chi connectivity index (χ1) is 13.0. The van der Waals surface area contributed by atoms with Gasteiger partial charge < -0.3 is 10.2 Å². The van der Waals surface area contributed by atoms with Crippen molar-refractivity contribution < 1.29 is 4.79 Å². The molecular weight excluding hydrogens is 338 g/mol. The van der Waals surface area contributed by atoms with Crippen LogP contribution in [-0.4, -0.2) is 34.7 Å². The fourth-order valence-electron chi connectivity index (χ4n) is 2.80. The first-order valence-electron chi connectivity index (χ1n) is 8.86. The number of para-hydroxylation sites is 1. The molecule has 1 amide bonds. The topological polar surface area (TPSA) is 71.0 Å². The Morgan fingerprint density at radius 3 is 2.33 bits per heavy atom. The quantitative estimate of drug-likeness (QED) is 0.728. The highest BCUT2D eigenvalue weighted by Gasteiger charge is 2.12. The third-order valence-electron chi connectivity index (χ3n) is 4.48. The number of aryl methyl sites for hydroxylation is 2. The van der Waals surface area contributed by atoms with E-state index in [1.165, 1.54) is 5.56 Å². The molecule has 0 radical (unpaired) electrons. The van der Waals surface area contributed by atoms with Gasteiger partial charge in [-0.05, 0) is 61.2 Å². The highest BCUT2D eigenvalue weighted by Crippen LogP contribution is 2.20. The number of carbonyl (C=O) groups is 1. The Hall–Kier alpha value is -3.28. The first kappa shape index (κ1) is 18.5. The maximum absolute atomic E-state index is 12.5. The summed E-state index contributed by atoms with van der Waals surface area (Å²) in [5, 5.41) is 11.2. The van der Waals surface area contributed by atoms with E-state index in [9.17, 15) is 4.79 Å². The van der Waals surface area contributed by atoms with Crippen LogP contribution in [0.3, 0.4) is 0 Å². The number of benzene rings is 1. The predicted molar refractivity (Wildman–Crippen MR) is 107 cm³/mol. The number of nitrogens with one attached hydrogen (secondary N) is 1. The molecule has 0 atom stereocenters. The normalized spacial score (nSPS) is 10.5. The van der Waals surface area contributed by atoms with Gasteiger partial charge >= 0.3 is 0 Å². The second kappa shape index (κ2) is 8.40. The minimum absolute atomic E-state index is 0.258. The van der Waals surface area contributed by atoms with E-state index in [-0.39, 0.29) is 5.91 Å². The van der Waals surface area contributed by atoms with Crippen LogP contribution >= 0.6 is 0 Å². The Labute approximate surface area is 159 Å². The molecule has 0 fully saturated rings. The van der Waals surface area contributed by atoms with Gasteiger partial charge in [-0.1, -0.05) is 18.2 Å². The fourth-order valence-corrected chi connectivity index (χ4v) is 2.80. The van der Waals surface area contributed by atoms with Crippen LogP contribution in [0.15, 0.2) is 54.9 Å². The lowest BCUT2D eigenvalue weighted by molar-refractivity contribution is 0.102. The van der Waals surface area contributed by atoms with E-state index in [4.69, 9.17) is 0 Å². The second-order valence-corrected chi connectivity index (χ2v) is 6.52. The Kier molecular flexibility index (Phi) is 5.76. The van der Waals surface area contributed by atoms with Crippen molar-refractivity contribution in [2.45, 2.75) is 20.3 Å². The van der Waals surface area contributed by atoms with E-state index in [0.29, 0.717) is 5.69 Å². The van der Waals surface area contributed by atoms with E-state index in [2.05, 4.69) is 20.5 Å². The standard InChI is InChI=1S/C21H23N5O/c1-15-5-4-6-16(2)20(15)23-21(27)18-7-8-19(25-24-18)26(3)14-11-17-9-12-22-13-10-17/h4-10,12-13H,11,14H2,1-3H3,(H,23,27). The minimum atomic E-state index is -0.258. The molecule has 0 aliphatic heterocycles. The minimum Gasteiger partial charge on any atom is -0.358 e. The van der Waals surface area contributed by atoms with E-state index < -0.39 is 0 Å². The van der Waals surface area contributed by atoms with Crippen molar-refractivity contribution in [3.63, 3.8) is 0 Å². The van der Waals surface area contributed by atoms with Gasteiger partial charge in [-0.25, -0.2) is 0 Å². The summed E-state index contributed by atoms with van der Waals surface area (Å²) in [5.41, 5.74) is 4.37. The third kappa shape index (κ3) is 4.67. The number of likely N-dealkylation sites (N-methyl/N-ethyl adjacent to an activating group) is 1. The van der Waals surface area contributed by atoms with Gasteiger partial charge in [0.15, 0.2) is 11.5 Å². The third-order valence-corrected chi connectivity index (χ3v) is 4.48. The molecule has 0 aliphatic carbocycles. The SMILES string of the molecule is Cc1cccc(C)c1NC(=O)c1ccc(N(C)CCc2ccncc2)nn1. The Bertz CT molecular complexity index is 889. The molecule has 1 aromatic carbocycles. The van der Waals surface area contributed by atoms with Crippen molar-refractivity contribution in [2.24, 2.45) is 0 Å². The van der Waals surface area contributed by atoms with Gasteiger partial charge in [0.25, 0.3) is 5.91 Å². The van der Waals surface area contributed by atoms with Gasteiger partial charge in [-0.2, -0.15) is 0 Å². The Balaban J connectivity index is 1.63. The van der Waals surface area contributed by atoms with Crippen molar-refractivity contribution in [1.29, 1.82) is 0 Å². The second-order valence-electron chi connectivity index (χ2n) is 6.52. The molecule has 27 heavy (non-hydrogen) atoms. The maximum atomic E-state index is 12.5. The molecular formula is C21H23N5O. The number of carbonyl (C=O) groups excluding carboxylic acids is 1. The number of hydrogen-bond donors (Lipinski definition) is 1. The zero-order valence-corrected chi connectivity index (χ0v) is 15.8. The van der Waals surface area contributed by atoms with E-state index in [1.807, 2.05) is 62.2 Å². The summed E-state index contributed by atoms with van der Waals surface area (Å²) in [6.45, 7) is 4.73. The van der Waals surface area contributed by atoms with Crippen LogP contribution in [-0.2, 0) is 6.42 Å². The predicted octanol–water partition coefficient (Wildman–Crippen LogP) is 3.42. The molecule has 3 rings (SSSR count). The summed E-state index contributed by atoms with van der Waals surface area (Å²) in [5.74, 6) is 0.471.